The van der Waals surface area contributed by atoms with Gasteiger partial charge in [-0.05, 0) is 63.1 Å². The second-order valence-electron chi connectivity index (χ2n) is 6.90. The van der Waals surface area contributed by atoms with E-state index in [0.717, 1.165) is 42.1 Å². The van der Waals surface area contributed by atoms with E-state index in [9.17, 15) is 4.79 Å². The molecule has 0 bridgehead atoms. The van der Waals surface area contributed by atoms with Crippen LogP contribution >= 0.6 is 0 Å². The van der Waals surface area contributed by atoms with Crippen LogP contribution in [0, 0.1) is 13.8 Å². The minimum atomic E-state index is 0.0596. The lowest BCUT2D eigenvalue weighted by atomic mass is 10.1. The lowest BCUT2D eigenvalue weighted by Gasteiger charge is -2.24. The molecule has 0 aliphatic carbocycles. The van der Waals surface area contributed by atoms with Crippen LogP contribution in [0.5, 0.6) is 5.75 Å². The molecule has 1 aliphatic rings. The average Bonchev–Trinajstić information content (AvgIpc) is 3.42. The Morgan fingerprint density at radius 1 is 1.30 bits per heavy atom. The first-order valence-corrected chi connectivity index (χ1v) is 9.22. The highest BCUT2D eigenvalue weighted by molar-refractivity contribution is 5.94. The summed E-state index contributed by atoms with van der Waals surface area (Å²) in [4.78, 5) is 18.1. The van der Waals surface area contributed by atoms with Crippen LogP contribution in [0.4, 0.5) is 0 Å². The summed E-state index contributed by atoms with van der Waals surface area (Å²) in [5, 5.41) is 3.93. The number of H-pyrrole nitrogens is 1. The van der Waals surface area contributed by atoms with Crippen LogP contribution in [0.25, 0.3) is 0 Å². The Bertz CT molecular complexity index is 893. The van der Waals surface area contributed by atoms with Crippen molar-refractivity contribution < 1.29 is 14.1 Å². The van der Waals surface area contributed by atoms with Gasteiger partial charge >= 0.3 is 0 Å². The van der Waals surface area contributed by atoms with Crippen LogP contribution < -0.4 is 4.74 Å². The van der Waals surface area contributed by atoms with Crippen molar-refractivity contribution in [2.45, 2.75) is 39.3 Å². The van der Waals surface area contributed by atoms with E-state index < -0.39 is 0 Å². The van der Waals surface area contributed by atoms with Gasteiger partial charge in [0.25, 0.3) is 5.91 Å². The van der Waals surface area contributed by atoms with Crippen molar-refractivity contribution in [3.63, 3.8) is 0 Å². The number of likely N-dealkylation sites (tertiary alicyclic amines) is 1. The number of aryl methyl sites for hydroxylation is 2. The topological polar surface area (TPSA) is 71.4 Å². The fraction of sp³-hybridized carbons (Fsp3) is 0.333. The summed E-state index contributed by atoms with van der Waals surface area (Å²) in [6.45, 7) is 4.95. The zero-order valence-corrected chi connectivity index (χ0v) is 15.6. The van der Waals surface area contributed by atoms with Crippen molar-refractivity contribution in [2.24, 2.45) is 0 Å². The monoisotopic (exact) mass is 365 g/mol. The smallest absolute Gasteiger partial charge is 0.254 e. The Hall–Kier alpha value is -3.02. The molecular formula is C21H23N3O3. The molecule has 2 aromatic heterocycles. The minimum absolute atomic E-state index is 0.0596. The van der Waals surface area contributed by atoms with Gasteiger partial charge in [-0.3, -0.25) is 4.79 Å². The van der Waals surface area contributed by atoms with E-state index in [1.54, 1.807) is 0 Å². The molecule has 1 N–H and O–H groups in total. The molecule has 0 radical (unpaired) electrons. The van der Waals surface area contributed by atoms with Crippen LogP contribution in [0.3, 0.4) is 0 Å². The molecular weight excluding hydrogens is 342 g/mol. The number of benzene rings is 1. The second-order valence-corrected chi connectivity index (χ2v) is 6.90. The van der Waals surface area contributed by atoms with Gasteiger partial charge in [0.1, 0.15) is 18.1 Å². The maximum absolute atomic E-state index is 12.9. The highest BCUT2D eigenvalue weighted by Crippen LogP contribution is 2.32. The standard InChI is InChI=1S/C21H23N3O3/c1-14-18(15(2)27-23-14)13-26-17-9-7-16(8-10-17)21(25)24-12-4-6-20(24)19-5-3-11-22-19/h3,5,7-11,20,22H,4,6,12-13H2,1-2H3. The van der Waals surface area contributed by atoms with Crippen molar-refractivity contribution in [1.29, 1.82) is 0 Å². The van der Waals surface area contributed by atoms with Crippen LogP contribution in [0.15, 0.2) is 47.1 Å². The summed E-state index contributed by atoms with van der Waals surface area (Å²) in [5.41, 5.74) is 3.57. The molecule has 1 aromatic carbocycles. The number of rotatable bonds is 5. The van der Waals surface area contributed by atoms with Gasteiger partial charge < -0.3 is 19.1 Å². The number of carbonyl (C=O) groups is 1. The molecule has 1 atom stereocenters. The molecule has 1 fully saturated rings. The highest BCUT2D eigenvalue weighted by atomic mass is 16.5. The van der Waals surface area contributed by atoms with Gasteiger partial charge in [-0.15, -0.1) is 0 Å². The predicted octanol–water partition coefficient (Wildman–Crippen LogP) is 4.18. The minimum Gasteiger partial charge on any atom is -0.489 e. The fourth-order valence-corrected chi connectivity index (χ4v) is 3.61. The third-order valence-electron chi connectivity index (χ3n) is 5.16. The predicted molar refractivity (Wildman–Crippen MR) is 101 cm³/mol. The Morgan fingerprint density at radius 2 is 2.11 bits per heavy atom. The molecule has 6 heteroatoms. The van der Waals surface area contributed by atoms with Crippen LogP contribution in [-0.2, 0) is 6.61 Å². The molecule has 4 rings (SSSR count). The third-order valence-corrected chi connectivity index (χ3v) is 5.16. The van der Waals surface area contributed by atoms with E-state index in [2.05, 4.69) is 10.1 Å². The number of aromatic nitrogens is 2. The summed E-state index contributed by atoms with van der Waals surface area (Å²) in [7, 11) is 0. The lowest BCUT2D eigenvalue weighted by molar-refractivity contribution is 0.0733. The van der Waals surface area contributed by atoms with Gasteiger partial charge in [0.2, 0.25) is 0 Å². The largest absolute Gasteiger partial charge is 0.489 e. The van der Waals surface area contributed by atoms with Gasteiger partial charge in [-0.25, -0.2) is 0 Å². The Balaban J connectivity index is 1.43. The number of hydrogen-bond acceptors (Lipinski definition) is 4. The average molecular weight is 365 g/mol. The third kappa shape index (κ3) is 3.47. The van der Waals surface area contributed by atoms with Crippen molar-refractivity contribution in [3.8, 4) is 5.75 Å². The van der Waals surface area contributed by atoms with E-state index in [1.165, 1.54) is 0 Å². The van der Waals surface area contributed by atoms with Gasteiger partial charge in [0, 0.05) is 24.0 Å². The lowest BCUT2D eigenvalue weighted by Crippen LogP contribution is -2.30. The Labute approximate surface area is 158 Å². The summed E-state index contributed by atoms with van der Waals surface area (Å²) in [5.74, 6) is 1.54. The van der Waals surface area contributed by atoms with Gasteiger partial charge in [0.05, 0.1) is 17.3 Å². The van der Waals surface area contributed by atoms with Crippen LogP contribution in [0.1, 0.15) is 52.0 Å². The normalized spacial score (nSPS) is 16.7. The van der Waals surface area contributed by atoms with Gasteiger partial charge in [-0.2, -0.15) is 0 Å². The number of nitrogens with one attached hydrogen (secondary N) is 1. The molecule has 1 unspecified atom stereocenters. The van der Waals surface area contributed by atoms with E-state index >= 15 is 0 Å². The summed E-state index contributed by atoms with van der Waals surface area (Å²) >= 11 is 0. The molecule has 140 valence electrons. The van der Waals surface area contributed by atoms with Gasteiger partial charge in [0.15, 0.2) is 0 Å². The van der Waals surface area contributed by atoms with Crippen molar-refractivity contribution in [1.82, 2.24) is 15.0 Å². The van der Waals surface area contributed by atoms with Crippen molar-refractivity contribution in [2.75, 3.05) is 6.54 Å². The zero-order chi connectivity index (χ0) is 18.8. The number of carbonyl (C=O) groups excluding carboxylic acids is 1. The molecule has 1 amide bonds. The number of aromatic amines is 1. The van der Waals surface area contributed by atoms with E-state index in [0.29, 0.717) is 17.9 Å². The molecule has 27 heavy (non-hydrogen) atoms. The molecule has 0 saturated carbocycles. The molecule has 0 spiro atoms. The zero-order valence-electron chi connectivity index (χ0n) is 15.6. The van der Waals surface area contributed by atoms with E-state index in [-0.39, 0.29) is 11.9 Å². The summed E-state index contributed by atoms with van der Waals surface area (Å²) in [6.07, 6.45) is 3.92. The molecule has 3 aromatic rings. The van der Waals surface area contributed by atoms with E-state index in [4.69, 9.17) is 9.26 Å². The molecule has 1 saturated heterocycles. The second kappa shape index (κ2) is 7.31. The van der Waals surface area contributed by atoms with Crippen molar-refractivity contribution >= 4 is 5.91 Å². The van der Waals surface area contributed by atoms with Crippen LogP contribution in [0.2, 0.25) is 0 Å². The number of ether oxygens (including phenoxy) is 1. The molecule has 3 heterocycles. The maximum atomic E-state index is 12.9. The van der Waals surface area contributed by atoms with Crippen molar-refractivity contribution in [3.05, 3.63) is 70.9 Å². The quantitative estimate of drug-likeness (QED) is 0.736. The van der Waals surface area contributed by atoms with Gasteiger partial charge in [-0.1, -0.05) is 5.16 Å². The van der Waals surface area contributed by atoms with E-state index in [1.807, 2.05) is 61.3 Å². The van der Waals surface area contributed by atoms with Crippen LogP contribution in [-0.4, -0.2) is 27.5 Å². The number of hydrogen-bond donors (Lipinski definition) is 1. The first-order valence-electron chi connectivity index (χ1n) is 9.22. The summed E-state index contributed by atoms with van der Waals surface area (Å²) in [6, 6.07) is 11.5. The molecule has 1 aliphatic heterocycles. The first-order chi connectivity index (χ1) is 13.1. The maximum Gasteiger partial charge on any atom is 0.254 e. The summed E-state index contributed by atoms with van der Waals surface area (Å²) < 4.78 is 11.0. The Kier molecular flexibility index (Phi) is 4.71. The first kappa shape index (κ1) is 17.4. The number of nitrogens with zero attached hydrogens (tertiary/aromatic N) is 2. The fourth-order valence-electron chi connectivity index (χ4n) is 3.61. The SMILES string of the molecule is Cc1noc(C)c1COc1ccc(C(=O)N2CCCC2c2ccc[nH]2)cc1. The Morgan fingerprint density at radius 3 is 2.78 bits per heavy atom. The molecule has 6 nitrogen and oxygen atoms in total. The highest BCUT2D eigenvalue weighted by Gasteiger charge is 2.31. The number of amides is 1.